The molecular formula is C23H29N3O4S. The maximum absolute atomic E-state index is 12.5. The van der Waals surface area contributed by atoms with Crippen molar-refractivity contribution >= 4 is 27.7 Å². The van der Waals surface area contributed by atoms with E-state index in [1.807, 2.05) is 26.8 Å². The molecule has 166 valence electrons. The van der Waals surface area contributed by atoms with Crippen LogP contribution in [-0.4, -0.2) is 60.3 Å². The van der Waals surface area contributed by atoms with E-state index >= 15 is 0 Å². The second-order valence-electron chi connectivity index (χ2n) is 8.04. The predicted molar refractivity (Wildman–Crippen MR) is 122 cm³/mol. The van der Waals surface area contributed by atoms with E-state index in [9.17, 15) is 18.0 Å². The number of amides is 2. The fourth-order valence-corrected chi connectivity index (χ4v) is 4.94. The number of benzene rings is 1. The SMILES string of the molecule is Cc1ccc(-n2c(C)cc(C=CC(=O)NC(C)C(=O)N3CCS(=O)(=O)CC3)c2C)cc1. The number of nitrogens with zero attached hydrogens (tertiary/aromatic N) is 2. The fourth-order valence-electron chi connectivity index (χ4n) is 3.74. The quantitative estimate of drug-likeness (QED) is 0.718. The normalized spacial score (nSPS) is 17.0. The summed E-state index contributed by atoms with van der Waals surface area (Å²) in [6, 6.07) is 9.55. The summed E-state index contributed by atoms with van der Waals surface area (Å²) in [6.45, 7) is 8.01. The molecule has 31 heavy (non-hydrogen) atoms. The number of nitrogens with one attached hydrogen (secondary N) is 1. The van der Waals surface area contributed by atoms with Crippen molar-refractivity contribution in [1.29, 1.82) is 0 Å². The summed E-state index contributed by atoms with van der Waals surface area (Å²) < 4.78 is 25.2. The predicted octanol–water partition coefficient (Wildman–Crippen LogP) is 2.18. The minimum Gasteiger partial charge on any atom is -0.341 e. The zero-order chi connectivity index (χ0) is 22.8. The molecule has 1 fully saturated rings. The standard InChI is InChI=1S/C23H29N3O4S/c1-16-5-8-21(9-6-16)26-17(2)15-20(19(26)4)7-10-22(27)24-18(3)23(28)25-11-13-31(29,30)14-12-25/h5-10,15,18H,11-14H2,1-4H3,(H,24,27). The van der Waals surface area contributed by atoms with Gasteiger partial charge in [0.25, 0.3) is 0 Å². The number of aromatic nitrogens is 1. The highest BCUT2D eigenvalue weighted by Gasteiger charge is 2.28. The average Bonchev–Trinajstić information content (AvgIpc) is 3.00. The van der Waals surface area contributed by atoms with Crippen LogP contribution in [0.25, 0.3) is 11.8 Å². The van der Waals surface area contributed by atoms with Crippen LogP contribution >= 0.6 is 0 Å². The molecule has 0 aliphatic carbocycles. The van der Waals surface area contributed by atoms with Gasteiger partial charge in [-0.15, -0.1) is 0 Å². The van der Waals surface area contributed by atoms with Gasteiger partial charge in [0.05, 0.1) is 11.5 Å². The Balaban J connectivity index is 1.64. The van der Waals surface area contributed by atoms with Crippen molar-refractivity contribution in [2.45, 2.75) is 33.7 Å². The Morgan fingerprint density at radius 2 is 1.68 bits per heavy atom. The Morgan fingerprint density at radius 3 is 2.29 bits per heavy atom. The van der Waals surface area contributed by atoms with Gasteiger partial charge in [0.1, 0.15) is 6.04 Å². The van der Waals surface area contributed by atoms with Gasteiger partial charge in [-0.3, -0.25) is 9.59 Å². The molecule has 2 aromatic rings. The summed E-state index contributed by atoms with van der Waals surface area (Å²) >= 11 is 0. The summed E-state index contributed by atoms with van der Waals surface area (Å²) in [5, 5.41) is 2.67. The summed E-state index contributed by atoms with van der Waals surface area (Å²) in [5.41, 5.74) is 5.26. The van der Waals surface area contributed by atoms with E-state index in [2.05, 4.69) is 34.1 Å². The third-order valence-corrected chi connectivity index (χ3v) is 7.17. The van der Waals surface area contributed by atoms with Crippen molar-refractivity contribution in [2.24, 2.45) is 0 Å². The monoisotopic (exact) mass is 443 g/mol. The first kappa shape index (κ1) is 22.8. The van der Waals surface area contributed by atoms with Crippen molar-refractivity contribution in [3.63, 3.8) is 0 Å². The number of sulfone groups is 1. The minimum absolute atomic E-state index is 0.0318. The Kier molecular flexibility index (Phi) is 6.69. The zero-order valence-corrected chi connectivity index (χ0v) is 19.2. The van der Waals surface area contributed by atoms with Crippen molar-refractivity contribution in [3.05, 3.63) is 58.9 Å². The van der Waals surface area contributed by atoms with Crippen LogP contribution in [0.5, 0.6) is 0 Å². The van der Waals surface area contributed by atoms with Gasteiger partial charge in [0.2, 0.25) is 11.8 Å². The van der Waals surface area contributed by atoms with Crippen LogP contribution < -0.4 is 5.32 Å². The molecule has 1 N–H and O–H groups in total. The summed E-state index contributed by atoms with van der Waals surface area (Å²) in [6.07, 6.45) is 3.17. The van der Waals surface area contributed by atoms with E-state index in [-0.39, 0.29) is 36.4 Å². The molecular weight excluding hydrogens is 414 g/mol. The zero-order valence-electron chi connectivity index (χ0n) is 18.4. The number of hydrogen-bond donors (Lipinski definition) is 1. The number of carbonyl (C=O) groups excluding carboxylic acids is 2. The van der Waals surface area contributed by atoms with Crippen molar-refractivity contribution < 1.29 is 18.0 Å². The smallest absolute Gasteiger partial charge is 0.244 e. The van der Waals surface area contributed by atoms with E-state index < -0.39 is 15.9 Å². The van der Waals surface area contributed by atoms with Crippen LogP contribution in [0.2, 0.25) is 0 Å². The number of hydrogen-bond acceptors (Lipinski definition) is 4. The first-order valence-electron chi connectivity index (χ1n) is 10.3. The van der Waals surface area contributed by atoms with Crippen LogP contribution in [0.4, 0.5) is 0 Å². The molecule has 1 aromatic heterocycles. The fraction of sp³-hybridized carbons (Fsp3) is 0.391. The molecule has 1 aliphatic rings. The summed E-state index contributed by atoms with van der Waals surface area (Å²) in [4.78, 5) is 26.3. The van der Waals surface area contributed by atoms with Crippen molar-refractivity contribution in [3.8, 4) is 5.69 Å². The van der Waals surface area contributed by atoms with Crippen LogP contribution in [-0.2, 0) is 19.4 Å². The van der Waals surface area contributed by atoms with E-state index in [0.29, 0.717) is 0 Å². The maximum atomic E-state index is 12.5. The lowest BCUT2D eigenvalue weighted by molar-refractivity contribution is -0.134. The molecule has 1 aromatic carbocycles. The third kappa shape index (κ3) is 5.44. The van der Waals surface area contributed by atoms with Gasteiger partial charge >= 0.3 is 0 Å². The second kappa shape index (κ2) is 9.09. The Morgan fingerprint density at radius 1 is 1.06 bits per heavy atom. The molecule has 1 saturated heterocycles. The van der Waals surface area contributed by atoms with Crippen LogP contribution in [0, 0.1) is 20.8 Å². The Labute approximate surface area is 183 Å². The highest BCUT2D eigenvalue weighted by molar-refractivity contribution is 7.91. The second-order valence-corrected chi connectivity index (χ2v) is 10.3. The lowest BCUT2D eigenvalue weighted by Gasteiger charge is -2.29. The first-order valence-corrected chi connectivity index (χ1v) is 12.1. The summed E-state index contributed by atoms with van der Waals surface area (Å²) in [5.74, 6) is -0.703. The molecule has 0 saturated carbocycles. The number of aryl methyl sites for hydroxylation is 2. The van der Waals surface area contributed by atoms with Crippen LogP contribution in [0.3, 0.4) is 0 Å². The number of carbonyl (C=O) groups is 2. The molecule has 1 atom stereocenters. The molecule has 0 radical (unpaired) electrons. The maximum Gasteiger partial charge on any atom is 0.244 e. The van der Waals surface area contributed by atoms with Gasteiger partial charge in [0.15, 0.2) is 9.84 Å². The largest absolute Gasteiger partial charge is 0.341 e. The van der Waals surface area contributed by atoms with E-state index in [4.69, 9.17) is 0 Å². The lowest BCUT2D eigenvalue weighted by Crippen LogP contribution is -2.51. The van der Waals surface area contributed by atoms with E-state index in [1.165, 1.54) is 16.5 Å². The molecule has 7 nitrogen and oxygen atoms in total. The molecule has 2 heterocycles. The van der Waals surface area contributed by atoms with Gasteiger partial charge < -0.3 is 14.8 Å². The molecule has 8 heteroatoms. The van der Waals surface area contributed by atoms with Gasteiger partial charge in [-0.25, -0.2) is 8.42 Å². The molecule has 1 aliphatic heterocycles. The highest BCUT2D eigenvalue weighted by Crippen LogP contribution is 2.22. The minimum atomic E-state index is -3.06. The van der Waals surface area contributed by atoms with Gasteiger partial charge in [0, 0.05) is 36.2 Å². The molecule has 1 unspecified atom stereocenters. The topological polar surface area (TPSA) is 88.5 Å². The Hall–Kier alpha value is -2.87. The van der Waals surface area contributed by atoms with Crippen LogP contribution in [0.1, 0.15) is 29.4 Å². The third-order valence-electron chi connectivity index (χ3n) is 5.56. The Bertz CT molecular complexity index is 1100. The van der Waals surface area contributed by atoms with Gasteiger partial charge in [-0.05, 0) is 57.5 Å². The molecule has 0 bridgehead atoms. The van der Waals surface area contributed by atoms with Crippen LogP contribution in [0.15, 0.2) is 36.4 Å². The van der Waals surface area contributed by atoms with Crippen molar-refractivity contribution in [2.75, 3.05) is 24.6 Å². The average molecular weight is 444 g/mol. The summed E-state index contributed by atoms with van der Waals surface area (Å²) in [7, 11) is -3.06. The highest BCUT2D eigenvalue weighted by atomic mass is 32.2. The molecule has 3 rings (SSSR count). The van der Waals surface area contributed by atoms with Gasteiger partial charge in [-0.1, -0.05) is 17.7 Å². The first-order chi connectivity index (χ1) is 14.6. The van der Waals surface area contributed by atoms with Gasteiger partial charge in [-0.2, -0.15) is 0 Å². The van der Waals surface area contributed by atoms with Crippen molar-refractivity contribution in [1.82, 2.24) is 14.8 Å². The molecule has 0 spiro atoms. The number of rotatable bonds is 5. The van der Waals surface area contributed by atoms with E-state index in [0.717, 1.165) is 22.6 Å². The van der Waals surface area contributed by atoms with E-state index in [1.54, 1.807) is 13.0 Å². The molecule has 2 amide bonds. The lowest BCUT2D eigenvalue weighted by atomic mass is 10.2.